The van der Waals surface area contributed by atoms with Crippen molar-refractivity contribution in [3.05, 3.63) is 43.8 Å². The first-order chi connectivity index (χ1) is 9.45. The molecule has 1 N–H and O–H groups in total. The highest BCUT2D eigenvalue weighted by Gasteiger charge is 2.24. The fourth-order valence-corrected chi connectivity index (χ4v) is 3.53. The number of nitrogens with zero attached hydrogens (tertiary/aromatic N) is 3. The largest absolute Gasteiger partial charge is 0.307 e. The van der Waals surface area contributed by atoms with Gasteiger partial charge in [0.15, 0.2) is 0 Å². The smallest absolute Gasteiger partial charge is 0.0946 e. The van der Waals surface area contributed by atoms with Crippen LogP contribution in [-0.2, 0) is 0 Å². The summed E-state index contributed by atoms with van der Waals surface area (Å²) in [5.41, 5.74) is 1.79. The molecule has 2 heterocycles. The first-order valence-corrected chi connectivity index (χ1v) is 8.13. The van der Waals surface area contributed by atoms with E-state index in [4.69, 9.17) is 11.6 Å². The van der Waals surface area contributed by atoms with Crippen LogP contribution in [-0.4, -0.2) is 21.8 Å². The number of nitrogens with one attached hydrogen (secondary N) is 1. The number of hydrogen-bond acceptors (Lipinski definition) is 3. The fraction of sp³-hybridized carbons (Fsp3) is 0.385. The molecule has 0 fully saturated rings. The van der Waals surface area contributed by atoms with Gasteiger partial charge in [0, 0.05) is 21.2 Å². The third kappa shape index (κ3) is 3.08. The van der Waals surface area contributed by atoms with E-state index in [-0.39, 0.29) is 12.1 Å². The maximum atomic E-state index is 6.32. The molecular weight excluding hydrogens is 407 g/mol. The topological polar surface area (TPSA) is 42.7 Å². The van der Waals surface area contributed by atoms with Crippen LogP contribution in [0.4, 0.5) is 0 Å². The molecule has 20 heavy (non-hydrogen) atoms. The quantitative estimate of drug-likeness (QED) is 0.797. The van der Waals surface area contributed by atoms with E-state index in [9.17, 15) is 0 Å². The molecule has 0 aromatic carbocycles. The van der Waals surface area contributed by atoms with E-state index in [1.165, 1.54) is 0 Å². The average Bonchev–Trinajstić information content (AvgIpc) is 2.75. The van der Waals surface area contributed by atoms with Crippen LogP contribution in [0.1, 0.15) is 37.3 Å². The Balaban J connectivity index is 2.55. The molecule has 0 aliphatic rings. The number of halogens is 3. The van der Waals surface area contributed by atoms with Crippen molar-refractivity contribution in [1.82, 2.24) is 20.1 Å². The van der Waals surface area contributed by atoms with Gasteiger partial charge in [0.1, 0.15) is 0 Å². The third-order valence-corrected chi connectivity index (χ3v) is 4.31. The van der Waals surface area contributed by atoms with E-state index in [1.54, 1.807) is 12.4 Å². The predicted molar refractivity (Wildman–Crippen MR) is 88.2 cm³/mol. The number of rotatable bonds is 4. The van der Waals surface area contributed by atoms with Crippen molar-refractivity contribution in [3.63, 3.8) is 0 Å². The van der Waals surface area contributed by atoms with Gasteiger partial charge in [-0.25, -0.2) is 0 Å². The number of pyridine rings is 1. The zero-order chi connectivity index (χ0) is 14.9. The lowest BCUT2D eigenvalue weighted by molar-refractivity contribution is 0.480. The lowest BCUT2D eigenvalue weighted by Crippen LogP contribution is -2.24. The van der Waals surface area contributed by atoms with Crippen LogP contribution in [0.2, 0.25) is 5.02 Å². The summed E-state index contributed by atoms with van der Waals surface area (Å²) in [5.74, 6) is 0. The second kappa shape index (κ2) is 6.56. The Morgan fingerprint density at radius 3 is 2.55 bits per heavy atom. The molecule has 2 aromatic rings. The van der Waals surface area contributed by atoms with Crippen LogP contribution in [0.25, 0.3) is 0 Å². The van der Waals surface area contributed by atoms with E-state index in [1.807, 2.05) is 17.8 Å². The van der Waals surface area contributed by atoms with Gasteiger partial charge in [0.25, 0.3) is 0 Å². The normalized spacial score (nSPS) is 12.9. The Labute approximate surface area is 140 Å². The zero-order valence-electron chi connectivity index (χ0n) is 11.4. The number of hydrogen-bond donors (Lipinski definition) is 1. The van der Waals surface area contributed by atoms with E-state index in [0.29, 0.717) is 5.02 Å². The minimum Gasteiger partial charge on any atom is -0.307 e. The lowest BCUT2D eigenvalue weighted by Gasteiger charge is -2.21. The Kier molecular flexibility index (Phi) is 5.23. The Bertz CT molecular complexity index is 612. The number of aromatic nitrogens is 3. The fourth-order valence-electron chi connectivity index (χ4n) is 2.07. The van der Waals surface area contributed by atoms with E-state index >= 15 is 0 Å². The van der Waals surface area contributed by atoms with Crippen molar-refractivity contribution < 1.29 is 0 Å². The highest BCUT2D eigenvalue weighted by Crippen LogP contribution is 2.33. The summed E-state index contributed by atoms with van der Waals surface area (Å²) in [5, 5.41) is 8.25. The highest BCUT2D eigenvalue weighted by molar-refractivity contribution is 9.11. The third-order valence-electron chi connectivity index (χ3n) is 2.95. The Morgan fingerprint density at radius 1 is 1.30 bits per heavy atom. The molecule has 0 aliphatic heterocycles. The SMILES string of the molecule is CNC(c1ncc(Br)cc1Br)c1c(Cl)cnn1C(C)C. The summed E-state index contributed by atoms with van der Waals surface area (Å²) < 4.78 is 3.75. The van der Waals surface area contributed by atoms with Crippen LogP contribution in [0.3, 0.4) is 0 Å². The Hall–Kier alpha value is -0.430. The van der Waals surface area contributed by atoms with Crippen molar-refractivity contribution in [2.45, 2.75) is 25.9 Å². The van der Waals surface area contributed by atoms with Gasteiger partial charge in [-0.2, -0.15) is 5.10 Å². The second-order valence-electron chi connectivity index (χ2n) is 4.66. The molecule has 2 rings (SSSR count). The van der Waals surface area contributed by atoms with Gasteiger partial charge in [-0.15, -0.1) is 0 Å². The van der Waals surface area contributed by atoms with Crippen molar-refractivity contribution in [2.24, 2.45) is 0 Å². The summed E-state index contributed by atoms with van der Waals surface area (Å²) >= 11 is 13.3. The highest BCUT2D eigenvalue weighted by atomic mass is 79.9. The molecule has 0 amide bonds. The molecule has 2 aromatic heterocycles. The van der Waals surface area contributed by atoms with Crippen LogP contribution in [0, 0.1) is 0 Å². The summed E-state index contributed by atoms with van der Waals surface area (Å²) in [4.78, 5) is 4.49. The monoisotopic (exact) mass is 420 g/mol. The molecule has 0 saturated carbocycles. The van der Waals surface area contributed by atoms with E-state index in [0.717, 1.165) is 20.3 Å². The molecule has 4 nitrogen and oxygen atoms in total. The minimum atomic E-state index is -0.130. The first kappa shape index (κ1) is 15.9. The van der Waals surface area contributed by atoms with Crippen LogP contribution in [0.15, 0.2) is 27.4 Å². The molecular formula is C13H15Br2ClN4. The van der Waals surface area contributed by atoms with E-state index < -0.39 is 0 Å². The molecule has 0 radical (unpaired) electrons. The predicted octanol–water partition coefficient (Wildman–Crippen LogP) is 4.35. The molecule has 108 valence electrons. The Morgan fingerprint density at radius 2 is 2.00 bits per heavy atom. The summed E-state index contributed by atoms with van der Waals surface area (Å²) in [7, 11) is 1.88. The lowest BCUT2D eigenvalue weighted by atomic mass is 10.1. The van der Waals surface area contributed by atoms with Crippen molar-refractivity contribution >= 4 is 43.5 Å². The molecule has 0 saturated heterocycles. The van der Waals surface area contributed by atoms with Gasteiger partial charge in [0.2, 0.25) is 0 Å². The van der Waals surface area contributed by atoms with Crippen molar-refractivity contribution in [1.29, 1.82) is 0 Å². The minimum absolute atomic E-state index is 0.130. The maximum absolute atomic E-state index is 6.32. The molecule has 7 heteroatoms. The first-order valence-electron chi connectivity index (χ1n) is 6.16. The van der Waals surface area contributed by atoms with Crippen LogP contribution < -0.4 is 5.32 Å². The second-order valence-corrected chi connectivity index (χ2v) is 6.84. The van der Waals surface area contributed by atoms with Gasteiger partial charge >= 0.3 is 0 Å². The van der Waals surface area contributed by atoms with Gasteiger partial charge in [-0.3, -0.25) is 9.67 Å². The molecule has 1 unspecified atom stereocenters. The maximum Gasteiger partial charge on any atom is 0.0946 e. The van der Waals surface area contributed by atoms with Crippen LogP contribution >= 0.6 is 43.5 Å². The molecule has 0 aliphatic carbocycles. The molecule has 0 bridgehead atoms. The van der Waals surface area contributed by atoms with E-state index in [2.05, 4.69) is 61.1 Å². The van der Waals surface area contributed by atoms with Crippen LogP contribution in [0.5, 0.6) is 0 Å². The van der Waals surface area contributed by atoms with Crippen molar-refractivity contribution in [2.75, 3.05) is 7.05 Å². The van der Waals surface area contributed by atoms with Gasteiger partial charge in [0.05, 0.1) is 28.6 Å². The summed E-state index contributed by atoms with van der Waals surface area (Å²) in [6.07, 6.45) is 3.45. The van der Waals surface area contributed by atoms with Gasteiger partial charge in [-0.1, -0.05) is 11.6 Å². The average molecular weight is 423 g/mol. The zero-order valence-corrected chi connectivity index (χ0v) is 15.3. The summed E-state index contributed by atoms with van der Waals surface area (Å²) in [6, 6.07) is 2.06. The molecule has 0 spiro atoms. The summed E-state index contributed by atoms with van der Waals surface area (Å²) in [6.45, 7) is 4.15. The standard InChI is InChI=1S/C13H15Br2ClN4/c1-7(2)20-13(10(16)6-19-20)12(17-3)11-9(15)4-8(14)5-18-11/h4-7,12,17H,1-3H3. The molecule has 1 atom stereocenters. The van der Waals surface area contributed by atoms with Gasteiger partial charge < -0.3 is 5.32 Å². The van der Waals surface area contributed by atoms with Gasteiger partial charge in [-0.05, 0) is 58.8 Å². The van der Waals surface area contributed by atoms with Crippen molar-refractivity contribution in [3.8, 4) is 0 Å².